The lowest BCUT2D eigenvalue weighted by molar-refractivity contribution is -0.384. The maximum absolute atomic E-state index is 12.3. The first-order chi connectivity index (χ1) is 13.6. The van der Waals surface area contributed by atoms with Crippen LogP contribution in [0.4, 0.5) is 11.5 Å². The lowest BCUT2D eigenvalue weighted by atomic mass is 10.1. The molecule has 3 aromatic rings. The normalized spacial score (nSPS) is 10.1. The number of nitrogens with zero attached hydrogens (tertiary/aromatic N) is 5. The molecule has 0 unspecified atom stereocenters. The van der Waals surface area contributed by atoms with E-state index in [9.17, 15) is 14.9 Å². The molecule has 1 amide bonds. The van der Waals surface area contributed by atoms with Crippen LogP contribution in [0.1, 0.15) is 15.9 Å². The number of carbonyl (C=O) groups is 1. The molecule has 2 aromatic heterocycles. The number of nitriles is 1. The van der Waals surface area contributed by atoms with Crippen LogP contribution in [-0.2, 0) is 0 Å². The van der Waals surface area contributed by atoms with E-state index in [4.69, 9.17) is 5.26 Å². The van der Waals surface area contributed by atoms with Crippen molar-refractivity contribution in [1.29, 1.82) is 5.26 Å². The zero-order chi connectivity index (χ0) is 19.9. The molecule has 140 valence electrons. The SMILES string of the molecule is N#Cc1cccnc1NCCNC(=O)c1ccc(-n2ccnc2)c([N+](=O)[O-])c1. The number of hydrogen-bond acceptors (Lipinski definition) is 7. The molecular formula is C18H15N7O3. The van der Waals surface area contributed by atoms with Gasteiger partial charge in [-0.15, -0.1) is 0 Å². The van der Waals surface area contributed by atoms with Crippen LogP contribution in [0.25, 0.3) is 5.69 Å². The number of aromatic nitrogens is 3. The number of pyridine rings is 1. The molecule has 10 heteroatoms. The van der Waals surface area contributed by atoms with Gasteiger partial charge in [-0.2, -0.15) is 5.26 Å². The summed E-state index contributed by atoms with van der Waals surface area (Å²) in [6.45, 7) is 0.587. The largest absolute Gasteiger partial charge is 0.367 e. The number of rotatable bonds is 7. The van der Waals surface area contributed by atoms with E-state index in [1.165, 1.54) is 35.3 Å². The fourth-order valence-electron chi connectivity index (χ4n) is 2.53. The minimum atomic E-state index is -0.543. The van der Waals surface area contributed by atoms with Gasteiger partial charge in [0.25, 0.3) is 11.6 Å². The highest BCUT2D eigenvalue weighted by Crippen LogP contribution is 2.24. The van der Waals surface area contributed by atoms with Crippen LogP contribution in [0.5, 0.6) is 0 Å². The highest BCUT2D eigenvalue weighted by molar-refractivity contribution is 5.95. The molecule has 0 spiro atoms. The molecule has 0 fully saturated rings. The van der Waals surface area contributed by atoms with Gasteiger partial charge >= 0.3 is 0 Å². The third kappa shape index (κ3) is 4.10. The Morgan fingerprint density at radius 2 is 2.14 bits per heavy atom. The average molecular weight is 377 g/mol. The minimum Gasteiger partial charge on any atom is -0.367 e. The zero-order valence-electron chi connectivity index (χ0n) is 14.6. The van der Waals surface area contributed by atoms with E-state index in [-0.39, 0.29) is 17.8 Å². The summed E-state index contributed by atoms with van der Waals surface area (Å²) in [7, 11) is 0. The first kappa shape index (κ1) is 18.5. The second-order valence-electron chi connectivity index (χ2n) is 5.62. The molecule has 1 aromatic carbocycles. The van der Waals surface area contributed by atoms with E-state index in [2.05, 4.69) is 20.6 Å². The smallest absolute Gasteiger partial charge is 0.294 e. The summed E-state index contributed by atoms with van der Waals surface area (Å²) in [5, 5.41) is 26.0. The molecule has 0 radical (unpaired) electrons. The van der Waals surface area contributed by atoms with Gasteiger partial charge in [0.15, 0.2) is 0 Å². The number of benzene rings is 1. The third-order valence-corrected chi connectivity index (χ3v) is 3.85. The predicted octanol–water partition coefficient (Wildman–Crippen LogP) is 1.89. The van der Waals surface area contributed by atoms with Gasteiger partial charge in [0.1, 0.15) is 17.6 Å². The predicted molar refractivity (Wildman–Crippen MR) is 100.0 cm³/mol. The molecule has 28 heavy (non-hydrogen) atoms. The van der Waals surface area contributed by atoms with Crippen molar-refractivity contribution in [3.05, 3.63) is 76.5 Å². The Kier molecular flexibility index (Phi) is 5.57. The van der Waals surface area contributed by atoms with Crippen LogP contribution >= 0.6 is 0 Å². The molecule has 3 rings (SSSR count). The lowest BCUT2D eigenvalue weighted by Gasteiger charge is -2.09. The van der Waals surface area contributed by atoms with E-state index in [1.807, 2.05) is 6.07 Å². The number of imidazole rings is 1. The molecule has 0 aliphatic heterocycles. The molecule has 0 bridgehead atoms. The monoisotopic (exact) mass is 377 g/mol. The number of nitro benzene ring substituents is 1. The van der Waals surface area contributed by atoms with Gasteiger partial charge in [0.05, 0.1) is 16.8 Å². The molecule has 2 heterocycles. The van der Waals surface area contributed by atoms with Crippen molar-refractivity contribution in [1.82, 2.24) is 19.9 Å². The summed E-state index contributed by atoms with van der Waals surface area (Å²) in [5.74, 6) is -0.0109. The van der Waals surface area contributed by atoms with Crippen LogP contribution in [0.3, 0.4) is 0 Å². The van der Waals surface area contributed by atoms with Crippen molar-refractivity contribution in [3.8, 4) is 11.8 Å². The first-order valence-electron chi connectivity index (χ1n) is 8.24. The van der Waals surface area contributed by atoms with Crippen molar-refractivity contribution in [2.45, 2.75) is 0 Å². The quantitative estimate of drug-likeness (QED) is 0.364. The number of anilines is 1. The van der Waals surface area contributed by atoms with E-state index >= 15 is 0 Å². The van der Waals surface area contributed by atoms with Crippen LogP contribution in [-0.4, -0.2) is 38.5 Å². The van der Waals surface area contributed by atoms with Crippen LogP contribution in [0.2, 0.25) is 0 Å². The van der Waals surface area contributed by atoms with E-state index in [0.717, 1.165) is 0 Å². The Morgan fingerprint density at radius 1 is 1.29 bits per heavy atom. The Balaban J connectivity index is 1.64. The van der Waals surface area contributed by atoms with Gasteiger partial charge in [0, 0.05) is 43.3 Å². The highest BCUT2D eigenvalue weighted by Gasteiger charge is 2.18. The van der Waals surface area contributed by atoms with Crippen LogP contribution < -0.4 is 10.6 Å². The Morgan fingerprint density at radius 3 is 2.86 bits per heavy atom. The highest BCUT2D eigenvalue weighted by atomic mass is 16.6. The summed E-state index contributed by atoms with van der Waals surface area (Å²) in [4.78, 5) is 31.1. The van der Waals surface area contributed by atoms with Gasteiger partial charge < -0.3 is 15.2 Å². The van der Waals surface area contributed by atoms with Gasteiger partial charge in [-0.05, 0) is 24.3 Å². The standard InChI is InChI=1S/C18H15N7O3/c19-11-14-2-1-5-21-17(14)22-6-7-23-18(26)13-3-4-15(16(10-13)25(27)28)24-9-8-20-12-24/h1-5,8-10,12H,6-7H2,(H,21,22)(H,23,26). The minimum absolute atomic E-state index is 0.172. The number of hydrogen-bond donors (Lipinski definition) is 2. The number of amides is 1. The van der Waals surface area contributed by atoms with Crippen molar-refractivity contribution < 1.29 is 9.72 Å². The molecule has 0 aliphatic rings. The second-order valence-corrected chi connectivity index (χ2v) is 5.62. The Hall–Kier alpha value is -4.26. The van der Waals surface area contributed by atoms with Crippen LogP contribution in [0, 0.1) is 21.4 Å². The fraction of sp³-hybridized carbons (Fsp3) is 0.111. The van der Waals surface area contributed by atoms with Crippen molar-refractivity contribution in [2.24, 2.45) is 0 Å². The maximum Gasteiger partial charge on any atom is 0.294 e. The summed E-state index contributed by atoms with van der Waals surface area (Å²) in [6.07, 6.45) is 6.10. The number of nitro groups is 1. The van der Waals surface area contributed by atoms with Crippen LogP contribution in [0.15, 0.2) is 55.2 Å². The zero-order valence-corrected chi connectivity index (χ0v) is 14.6. The van der Waals surface area contributed by atoms with E-state index in [1.54, 1.807) is 24.5 Å². The molecule has 0 saturated heterocycles. The summed E-state index contributed by atoms with van der Waals surface area (Å²) < 4.78 is 1.50. The summed E-state index contributed by atoms with van der Waals surface area (Å²) >= 11 is 0. The first-order valence-corrected chi connectivity index (χ1v) is 8.24. The van der Waals surface area contributed by atoms with Gasteiger partial charge in [-0.3, -0.25) is 14.9 Å². The lowest BCUT2D eigenvalue weighted by Crippen LogP contribution is -2.29. The second kappa shape index (κ2) is 8.41. The van der Waals surface area contributed by atoms with E-state index < -0.39 is 10.8 Å². The summed E-state index contributed by atoms with van der Waals surface area (Å²) in [5.41, 5.74) is 0.696. The Labute approximate surface area is 159 Å². The maximum atomic E-state index is 12.3. The van der Waals surface area contributed by atoms with Crippen molar-refractivity contribution in [3.63, 3.8) is 0 Å². The van der Waals surface area contributed by atoms with Gasteiger partial charge in [-0.25, -0.2) is 9.97 Å². The molecular weight excluding hydrogens is 362 g/mol. The van der Waals surface area contributed by atoms with E-state index in [0.29, 0.717) is 23.6 Å². The Bertz CT molecular complexity index is 1040. The molecule has 10 nitrogen and oxygen atoms in total. The molecule has 0 saturated carbocycles. The summed E-state index contributed by atoms with van der Waals surface area (Å²) in [6, 6.07) is 9.55. The van der Waals surface area contributed by atoms with Crippen molar-refractivity contribution >= 4 is 17.4 Å². The number of carbonyl (C=O) groups excluding carboxylic acids is 1. The van der Waals surface area contributed by atoms with Gasteiger partial charge in [-0.1, -0.05) is 0 Å². The van der Waals surface area contributed by atoms with Crippen molar-refractivity contribution in [2.75, 3.05) is 18.4 Å². The average Bonchev–Trinajstić information content (AvgIpc) is 3.25. The molecule has 0 aliphatic carbocycles. The number of nitrogens with one attached hydrogen (secondary N) is 2. The molecule has 0 atom stereocenters. The van der Waals surface area contributed by atoms with Gasteiger partial charge in [0.2, 0.25) is 0 Å². The molecule has 2 N–H and O–H groups in total. The fourth-order valence-corrected chi connectivity index (χ4v) is 2.53. The third-order valence-electron chi connectivity index (χ3n) is 3.85. The topological polar surface area (TPSA) is 139 Å².